The molecule has 0 fully saturated rings. The van der Waals surface area contributed by atoms with E-state index in [2.05, 4.69) is 9.97 Å². The minimum atomic E-state index is -0.950. The van der Waals surface area contributed by atoms with Crippen LogP contribution in [0.4, 0.5) is 0 Å². The quantitative estimate of drug-likeness (QED) is 0.492. The summed E-state index contributed by atoms with van der Waals surface area (Å²) in [7, 11) is 0. The molecule has 1 heterocycles. The smallest absolute Gasteiger partial charge is 0.340 e. The Hall–Kier alpha value is -0.750. The Kier molecular flexibility index (Phi) is 5.95. The normalized spacial score (nSPS) is 10.9. The lowest BCUT2D eigenvalue weighted by Crippen LogP contribution is -2.10. The van der Waals surface area contributed by atoms with Gasteiger partial charge in [0.25, 0.3) is 0 Å². The van der Waals surface area contributed by atoms with E-state index in [1.807, 2.05) is 20.1 Å². The van der Waals surface area contributed by atoms with Crippen molar-refractivity contribution < 1.29 is 9.90 Å². The van der Waals surface area contributed by atoms with Crippen molar-refractivity contribution in [1.29, 1.82) is 0 Å². The summed E-state index contributed by atoms with van der Waals surface area (Å²) in [5, 5.41) is 9.82. The summed E-state index contributed by atoms with van der Waals surface area (Å²) in [4.78, 5) is 19.9. The van der Waals surface area contributed by atoms with Gasteiger partial charge in [-0.05, 0) is 13.2 Å². The van der Waals surface area contributed by atoms with Gasteiger partial charge in [0.2, 0.25) is 0 Å². The molecule has 100 valence electrons. The number of carboxylic acids is 1. The van der Waals surface area contributed by atoms with Crippen molar-refractivity contribution >= 4 is 29.5 Å². The molecule has 4 nitrogen and oxygen atoms in total. The van der Waals surface area contributed by atoms with Crippen molar-refractivity contribution in [2.75, 3.05) is 17.8 Å². The van der Waals surface area contributed by atoms with Crippen molar-refractivity contribution in [1.82, 2.24) is 9.97 Å². The molecule has 0 radical (unpaired) electrons. The minimum Gasteiger partial charge on any atom is -0.478 e. The molecule has 0 aliphatic rings. The SMILES string of the molecule is CSCCSc1nc(C(C)C)nc(C)c1C(=O)O. The third-order valence-corrected chi connectivity index (χ3v) is 4.18. The van der Waals surface area contributed by atoms with Gasteiger partial charge in [0.15, 0.2) is 0 Å². The average molecular weight is 286 g/mol. The summed E-state index contributed by atoms with van der Waals surface area (Å²) in [5.74, 6) is 1.80. The number of hydrogen-bond donors (Lipinski definition) is 1. The fraction of sp³-hybridized carbons (Fsp3) is 0.583. The highest BCUT2D eigenvalue weighted by molar-refractivity contribution is 8.02. The summed E-state index contributed by atoms with van der Waals surface area (Å²) in [6.07, 6.45) is 2.03. The van der Waals surface area contributed by atoms with Crippen LogP contribution in [-0.2, 0) is 0 Å². The molecule has 18 heavy (non-hydrogen) atoms. The van der Waals surface area contributed by atoms with Crippen molar-refractivity contribution in [3.05, 3.63) is 17.1 Å². The molecular weight excluding hydrogens is 268 g/mol. The number of rotatable bonds is 6. The van der Waals surface area contributed by atoms with Gasteiger partial charge < -0.3 is 5.11 Å². The predicted octanol–water partition coefficient (Wildman–Crippen LogP) is 3.06. The van der Waals surface area contributed by atoms with E-state index in [0.29, 0.717) is 16.5 Å². The second-order valence-corrected chi connectivity index (χ2v) is 6.22. The van der Waals surface area contributed by atoms with Crippen molar-refractivity contribution in [2.24, 2.45) is 0 Å². The van der Waals surface area contributed by atoms with Gasteiger partial charge in [-0.3, -0.25) is 0 Å². The highest BCUT2D eigenvalue weighted by atomic mass is 32.2. The molecule has 1 aromatic rings. The summed E-state index contributed by atoms with van der Waals surface area (Å²) >= 11 is 3.23. The topological polar surface area (TPSA) is 63.1 Å². The van der Waals surface area contributed by atoms with Crippen molar-refractivity contribution in [3.63, 3.8) is 0 Å². The highest BCUT2D eigenvalue weighted by Gasteiger charge is 2.19. The molecule has 0 unspecified atom stereocenters. The Morgan fingerprint density at radius 2 is 2.00 bits per heavy atom. The summed E-state index contributed by atoms with van der Waals surface area (Å²) in [6.45, 7) is 5.74. The Morgan fingerprint density at radius 3 is 2.50 bits per heavy atom. The van der Waals surface area contributed by atoms with E-state index < -0.39 is 5.97 Å². The first-order valence-electron chi connectivity index (χ1n) is 5.71. The van der Waals surface area contributed by atoms with Crippen LogP contribution in [0.3, 0.4) is 0 Å². The van der Waals surface area contributed by atoms with Gasteiger partial charge in [0, 0.05) is 17.4 Å². The van der Waals surface area contributed by atoms with E-state index in [-0.39, 0.29) is 11.5 Å². The average Bonchev–Trinajstić information content (AvgIpc) is 2.27. The molecule has 0 saturated heterocycles. The number of aromatic nitrogens is 2. The zero-order chi connectivity index (χ0) is 13.7. The Labute approximate surface area is 116 Å². The number of nitrogens with zero attached hydrogens (tertiary/aromatic N) is 2. The molecule has 1 rings (SSSR count). The first-order chi connectivity index (χ1) is 8.47. The summed E-state index contributed by atoms with van der Waals surface area (Å²) in [6, 6.07) is 0. The van der Waals surface area contributed by atoms with Crippen LogP contribution in [0, 0.1) is 6.92 Å². The van der Waals surface area contributed by atoms with Gasteiger partial charge in [-0.1, -0.05) is 13.8 Å². The van der Waals surface area contributed by atoms with Gasteiger partial charge in [0.1, 0.15) is 16.4 Å². The van der Waals surface area contributed by atoms with Gasteiger partial charge in [0.05, 0.1) is 5.69 Å². The monoisotopic (exact) mass is 286 g/mol. The molecule has 0 aliphatic carbocycles. The van der Waals surface area contributed by atoms with Crippen LogP contribution in [0.15, 0.2) is 5.03 Å². The standard InChI is InChI=1S/C12H18N2O2S2/c1-7(2)10-13-8(3)9(12(15)16)11(14-10)18-6-5-17-4/h7H,5-6H2,1-4H3,(H,15,16). The van der Waals surface area contributed by atoms with Crippen LogP contribution in [-0.4, -0.2) is 38.8 Å². The van der Waals surface area contributed by atoms with Crippen LogP contribution in [0.1, 0.15) is 41.6 Å². The molecule has 1 aromatic heterocycles. The van der Waals surface area contributed by atoms with Crippen molar-refractivity contribution in [2.45, 2.75) is 31.7 Å². The van der Waals surface area contributed by atoms with E-state index in [1.54, 1.807) is 18.7 Å². The van der Waals surface area contributed by atoms with E-state index in [4.69, 9.17) is 0 Å². The van der Waals surface area contributed by atoms with E-state index in [1.165, 1.54) is 11.8 Å². The third-order valence-electron chi connectivity index (χ3n) is 2.33. The number of aromatic carboxylic acids is 1. The maximum Gasteiger partial charge on any atom is 0.340 e. The molecular formula is C12H18N2O2S2. The van der Waals surface area contributed by atoms with E-state index >= 15 is 0 Å². The number of carbonyl (C=O) groups is 1. The Morgan fingerprint density at radius 1 is 1.33 bits per heavy atom. The zero-order valence-corrected chi connectivity index (χ0v) is 12.7. The van der Waals surface area contributed by atoms with E-state index in [9.17, 15) is 9.90 Å². The molecule has 0 amide bonds. The Bertz CT molecular complexity index is 436. The first kappa shape index (κ1) is 15.3. The predicted molar refractivity (Wildman–Crippen MR) is 76.9 cm³/mol. The first-order valence-corrected chi connectivity index (χ1v) is 8.08. The third kappa shape index (κ3) is 3.88. The van der Waals surface area contributed by atoms with Crippen molar-refractivity contribution in [3.8, 4) is 0 Å². The summed E-state index contributed by atoms with van der Waals surface area (Å²) in [5.41, 5.74) is 0.790. The summed E-state index contributed by atoms with van der Waals surface area (Å²) < 4.78 is 0. The fourth-order valence-electron chi connectivity index (χ4n) is 1.40. The lowest BCUT2D eigenvalue weighted by Gasteiger charge is -2.11. The van der Waals surface area contributed by atoms with Crippen LogP contribution in [0.5, 0.6) is 0 Å². The largest absolute Gasteiger partial charge is 0.478 e. The number of thioether (sulfide) groups is 2. The fourth-order valence-corrected chi connectivity index (χ4v) is 3.13. The molecule has 0 spiro atoms. The highest BCUT2D eigenvalue weighted by Crippen LogP contribution is 2.25. The van der Waals surface area contributed by atoms with Gasteiger partial charge in [-0.25, -0.2) is 14.8 Å². The van der Waals surface area contributed by atoms with Crippen LogP contribution >= 0.6 is 23.5 Å². The van der Waals surface area contributed by atoms with Crippen LogP contribution in [0.2, 0.25) is 0 Å². The van der Waals surface area contributed by atoms with Crippen LogP contribution in [0.25, 0.3) is 0 Å². The lowest BCUT2D eigenvalue weighted by molar-refractivity contribution is 0.0690. The minimum absolute atomic E-state index is 0.200. The number of aryl methyl sites for hydroxylation is 1. The van der Waals surface area contributed by atoms with Gasteiger partial charge in [-0.2, -0.15) is 11.8 Å². The Balaban J connectivity index is 3.12. The van der Waals surface area contributed by atoms with Crippen LogP contribution < -0.4 is 0 Å². The molecule has 0 aromatic carbocycles. The van der Waals surface area contributed by atoms with E-state index in [0.717, 1.165) is 11.5 Å². The zero-order valence-electron chi connectivity index (χ0n) is 11.1. The molecule has 1 N–H and O–H groups in total. The molecule has 0 aliphatic heterocycles. The molecule has 6 heteroatoms. The maximum atomic E-state index is 11.3. The molecule has 0 bridgehead atoms. The second kappa shape index (κ2) is 6.99. The van der Waals surface area contributed by atoms with Gasteiger partial charge in [-0.15, -0.1) is 11.8 Å². The number of carboxylic acid groups (broad SMARTS) is 1. The molecule has 0 saturated carbocycles. The lowest BCUT2D eigenvalue weighted by atomic mass is 10.2. The van der Waals surface area contributed by atoms with Gasteiger partial charge >= 0.3 is 5.97 Å². The maximum absolute atomic E-state index is 11.3. The number of hydrogen-bond acceptors (Lipinski definition) is 5. The molecule has 0 atom stereocenters. The second-order valence-electron chi connectivity index (χ2n) is 4.15.